The van der Waals surface area contributed by atoms with Crippen LogP contribution in [0.4, 0.5) is 5.69 Å². The zero-order valence-corrected chi connectivity index (χ0v) is 13.7. The quantitative estimate of drug-likeness (QED) is 0.816. The Morgan fingerprint density at radius 3 is 2.71 bits per heavy atom. The number of amides is 1. The van der Waals surface area contributed by atoms with Gasteiger partial charge in [0.2, 0.25) is 10.0 Å². The van der Waals surface area contributed by atoms with E-state index in [2.05, 4.69) is 5.32 Å². The summed E-state index contributed by atoms with van der Waals surface area (Å²) in [5.41, 5.74) is 2.64. The Kier molecular flexibility index (Phi) is 3.36. The Morgan fingerprint density at radius 1 is 1.17 bits per heavy atom. The highest BCUT2D eigenvalue weighted by Gasteiger charge is 2.26. The summed E-state index contributed by atoms with van der Waals surface area (Å²) in [5, 5.41) is 7.90. The molecular weight excluding hydrogens is 328 g/mol. The van der Waals surface area contributed by atoms with Crippen LogP contribution in [0.15, 0.2) is 33.6 Å². The molecule has 2 aliphatic rings. The minimum atomic E-state index is -3.83. The van der Waals surface area contributed by atoms with Crippen molar-refractivity contribution in [3.05, 3.63) is 46.9 Å². The number of rotatable bonds is 2. The van der Waals surface area contributed by atoms with Crippen LogP contribution in [0, 0.1) is 0 Å². The predicted molar refractivity (Wildman–Crippen MR) is 89.7 cm³/mol. The molecule has 1 aliphatic carbocycles. The number of nitrogens with one attached hydrogen (secondary N) is 1. The highest BCUT2D eigenvalue weighted by Crippen LogP contribution is 2.35. The van der Waals surface area contributed by atoms with Gasteiger partial charge in [-0.1, -0.05) is 0 Å². The first kappa shape index (κ1) is 15.2. The summed E-state index contributed by atoms with van der Waals surface area (Å²) in [5.74, 6) is 1.30. The van der Waals surface area contributed by atoms with E-state index in [1.807, 2.05) is 6.07 Å². The molecule has 2 aromatic rings. The molecule has 1 aromatic heterocycles. The molecule has 1 aromatic carbocycles. The maximum atomic E-state index is 12.2. The van der Waals surface area contributed by atoms with Crippen LogP contribution in [0.3, 0.4) is 0 Å². The van der Waals surface area contributed by atoms with Gasteiger partial charge in [-0.05, 0) is 55.2 Å². The number of carbonyl (C=O) groups excluding carboxylic acids is 1. The van der Waals surface area contributed by atoms with Gasteiger partial charge in [0.25, 0.3) is 5.91 Å². The SMILES string of the molecule is NS(=O)(=O)c1ccc2c(c1)C(=Cc1cc3c(o1)CCCC3)C(=O)N2. The molecule has 0 spiro atoms. The minimum Gasteiger partial charge on any atom is -0.461 e. The summed E-state index contributed by atoms with van der Waals surface area (Å²) in [6.45, 7) is 0. The highest BCUT2D eigenvalue weighted by molar-refractivity contribution is 7.89. The first-order valence-electron chi connectivity index (χ1n) is 7.74. The number of hydrogen-bond donors (Lipinski definition) is 2. The lowest BCUT2D eigenvalue weighted by molar-refractivity contribution is -0.110. The third-order valence-electron chi connectivity index (χ3n) is 4.40. The standard InChI is InChI=1S/C17H16N2O4S/c18-24(21,22)12-5-6-15-13(9-12)14(17(20)19-15)8-11-7-10-3-1-2-4-16(10)23-11/h5-9H,1-4H2,(H,19,20)(H2,18,21,22). The fourth-order valence-corrected chi connectivity index (χ4v) is 3.75. The van der Waals surface area contributed by atoms with Crippen molar-refractivity contribution in [2.45, 2.75) is 30.6 Å². The van der Waals surface area contributed by atoms with Gasteiger partial charge in [0.15, 0.2) is 0 Å². The average molecular weight is 344 g/mol. The number of nitrogens with two attached hydrogens (primary N) is 1. The second-order valence-corrected chi connectivity index (χ2v) is 7.63. The number of primary sulfonamides is 1. The molecule has 0 fully saturated rings. The van der Waals surface area contributed by atoms with Crippen molar-refractivity contribution in [3.63, 3.8) is 0 Å². The van der Waals surface area contributed by atoms with Crippen LogP contribution >= 0.6 is 0 Å². The Balaban J connectivity index is 1.79. The van der Waals surface area contributed by atoms with Gasteiger partial charge in [-0.15, -0.1) is 0 Å². The first-order valence-corrected chi connectivity index (χ1v) is 9.28. The number of anilines is 1. The number of carbonyl (C=O) groups is 1. The lowest BCUT2D eigenvalue weighted by atomic mass is 9.98. The van der Waals surface area contributed by atoms with Gasteiger partial charge in [-0.2, -0.15) is 0 Å². The maximum absolute atomic E-state index is 12.2. The third-order valence-corrected chi connectivity index (χ3v) is 5.32. The maximum Gasteiger partial charge on any atom is 0.256 e. The largest absolute Gasteiger partial charge is 0.461 e. The molecule has 0 saturated carbocycles. The lowest BCUT2D eigenvalue weighted by Crippen LogP contribution is -2.12. The molecule has 0 radical (unpaired) electrons. The number of sulfonamides is 1. The van der Waals surface area contributed by atoms with Gasteiger partial charge < -0.3 is 9.73 Å². The Hall–Kier alpha value is -2.38. The summed E-state index contributed by atoms with van der Waals surface area (Å²) >= 11 is 0. The van der Waals surface area contributed by atoms with E-state index in [1.54, 1.807) is 12.1 Å². The Morgan fingerprint density at radius 2 is 1.96 bits per heavy atom. The van der Waals surface area contributed by atoms with Crippen LogP contribution < -0.4 is 10.5 Å². The van der Waals surface area contributed by atoms with Crippen molar-refractivity contribution in [3.8, 4) is 0 Å². The number of furan rings is 1. The summed E-state index contributed by atoms with van der Waals surface area (Å²) in [7, 11) is -3.83. The lowest BCUT2D eigenvalue weighted by Gasteiger charge is -2.07. The van der Waals surface area contributed by atoms with E-state index < -0.39 is 10.0 Å². The average Bonchev–Trinajstić information content (AvgIpc) is 3.07. The molecular formula is C17H16N2O4S. The van der Waals surface area contributed by atoms with Crippen LogP contribution in [0.25, 0.3) is 11.6 Å². The van der Waals surface area contributed by atoms with Crippen molar-refractivity contribution >= 4 is 33.3 Å². The highest BCUT2D eigenvalue weighted by atomic mass is 32.2. The molecule has 0 saturated heterocycles. The molecule has 0 unspecified atom stereocenters. The zero-order valence-electron chi connectivity index (χ0n) is 12.8. The van der Waals surface area contributed by atoms with Crippen molar-refractivity contribution in [2.24, 2.45) is 5.14 Å². The Labute approximate surface area is 139 Å². The second-order valence-electron chi connectivity index (χ2n) is 6.07. The van der Waals surface area contributed by atoms with E-state index in [4.69, 9.17) is 9.56 Å². The van der Waals surface area contributed by atoms with Gasteiger partial charge in [-0.25, -0.2) is 13.6 Å². The van der Waals surface area contributed by atoms with E-state index >= 15 is 0 Å². The summed E-state index contributed by atoms with van der Waals surface area (Å²) < 4.78 is 28.9. The fraction of sp³-hybridized carbons (Fsp3) is 0.235. The van der Waals surface area contributed by atoms with E-state index in [9.17, 15) is 13.2 Å². The zero-order chi connectivity index (χ0) is 16.9. The van der Waals surface area contributed by atoms with Crippen molar-refractivity contribution in [1.82, 2.24) is 0 Å². The molecule has 6 nitrogen and oxygen atoms in total. The minimum absolute atomic E-state index is 0.0256. The normalized spacial score (nSPS) is 18.4. The second kappa shape index (κ2) is 5.32. The molecule has 1 aliphatic heterocycles. The van der Waals surface area contributed by atoms with E-state index in [-0.39, 0.29) is 10.8 Å². The van der Waals surface area contributed by atoms with Crippen LogP contribution in [-0.2, 0) is 27.7 Å². The van der Waals surface area contributed by atoms with E-state index in [0.29, 0.717) is 22.6 Å². The number of hydrogen-bond acceptors (Lipinski definition) is 4. The summed E-state index contributed by atoms with van der Waals surface area (Å²) in [6.07, 6.45) is 5.81. The summed E-state index contributed by atoms with van der Waals surface area (Å²) in [4.78, 5) is 12.2. The van der Waals surface area contributed by atoms with Crippen LogP contribution in [0.2, 0.25) is 0 Å². The smallest absolute Gasteiger partial charge is 0.256 e. The van der Waals surface area contributed by atoms with E-state index in [0.717, 1.165) is 31.4 Å². The van der Waals surface area contributed by atoms with Gasteiger partial charge in [0, 0.05) is 17.7 Å². The topological polar surface area (TPSA) is 102 Å². The fourth-order valence-electron chi connectivity index (χ4n) is 3.21. The van der Waals surface area contributed by atoms with Crippen LogP contribution in [0.5, 0.6) is 0 Å². The molecule has 1 amide bonds. The van der Waals surface area contributed by atoms with Crippen molar-refractivity contribution in [2.75, 3.05) is 5.32 Å². The molecule has 7 heteroatoms. The van der Waals surface area contributed by atoms with Gasteiger partial charge in [0.1, 0.15) is 11.5 Å². The monoisotopic (exact) mass is 344 g/mol. The van der Waals surface area contributed by atoms with Crippen molar-refractivity contribution in [1.29, 1.82) is 0 Å². The van der Waals surface area contributed by atoms with Gasteiger partial charge in [-0.3, -0.25) is 4.79 Å². The number of fused-ring (bicyclic) bond motifs is 2. The molecule has 24 heavy (non-hydrogen) atoms. The third kappa shape index (κ3) is 2.55. The molecule has 2 heterocycles. The Bertz CT molecular complexity index is 963. The predicted octanol–water partition coefficient (Wildman–Crippen LogP) is 2.30. The first-order chi connectivity index (χ1) is 11.4. The molecule has 124 valence electrons. The number of benzene rings is 1. The van der Waals surface area contributed by atoms with Gasteiger partial charge >= 0.3 is 0 Å². The molecule has 0 atom stereocenters. The van der Waals surface area contributed by atoms with E-state index in [1.165, 1.54) is 17.7 Å². The van der Waals surface area contributed by atoms with Gasteiger partial charge in [0.05, 0.1) is 10.5 Å². The van der Waals surface area contributed by atoms with Crippen LogP contribution in [-0.4, -0.2) is 14.3 Å². The number of aryl methyl sites for hydroxylation is 2. The molecule has 3 N–H and O–H groups in total. The molecule has 4 rings (SSSR count). The van der Waals surface area contributed by atoms with Crippen LogP contribution in [0.1, 0.15) is 35.5 Å². The molecule has 0 bridgehead atoms. The van der Waals surface area contributed by atoms with Crippen molar-refractivity contribution < 1.29 is 17.6 Å². The summed E-state index contributed by atoms with van der Waals surface area (Å²) in [6, 6.07) is 6.29.